The van der Waals surface area contributed by atoms with Gasteiger partial charge in [0.1, 0.15) is 0 Å². The molecule has 4 heteroatoms. The lowest BCUT2D eigenvalue weighted by Crippen LogP contribution is -1.85. The summed E-state index contributed by atoms with van der Waals surface area (Å²) in [5.74, 6) is 0. The van der Waals surface area contributed by atoms with Gasteiger partial charge in [-0.25, -0.2) is 0 Å². The van der Waals surface area contributed by atoms with Gasteiger partial charge in [0.2, 0.25) is 0 Å². The molecule has 0 aliphatic heterocycles. The van der Waals surface area contributed by atoms with Gasteiger partial charge in [-0.2, -0.15) is 0 Å². The van der Waals surface area contributed by atoms with Crippen molar-refractivity contribution in [1.82, 2.24) is 4.98 Å². The number of nitrogens with zero attached hydrogens (tertiary/aromatic N) is 4. The maximum absolute atomic E-state index is 4.39. The first kappa shape index (κ1) is 16.2. The lowest BCUT2D eigenvalue weighted by molar-refractivity contribution is 1.32. The zero-order chi connectivity index (χ0) is 16.3. The molecule has 1 heterocycles. The molecule has 0 saturated carbocycles. The number of pyridine rings is 1. The molecule has 0 aliphatic rings. The van der Waals surface area contributed by atoms with Crippen molar-refractivity contribution in [3.8, 4) is 0 Å². The van der Waals surface area contributed by atoms with Crippen molar-refractivity contribution >= 4 is 24.8 Å². The van der Waals surface area contributed by atoms with Crippen molar-refractivity contribution in [3.05, 3.63) is 84.0 Å². The molecule has 23 heavy (non-hydrogen) atoms. The first-order chi connectivity index (χ1) is 11.3. The second kappa shape index (κ2) is 9.00. The number of aromatic nitrogens is 1. The van der Waals surface area contributed by atoms with Crippen LogP contribution in [0.4, 0.5) is 5.69 Å². The van der Waals surface area contributed by atoms with E-state index >= 15 is 0 Å². The van der Waals surface area contributed by atoms with Crippen LogP contribution in [0.2, 0.25) is 0 Å². The second-order valence-corrected chi connectivity index (χ2v) is 4.60. The Morgan fingerprint density at radius 1 is 1.00 bits per heavy atom. The van der Waals surface area contributed by atoms with Crippen molar-refractivity contribution in [3.63, 3.8) is 0 Å². The van der Waals surface area contributed by atoms with Crippen LogP contribution >= 0.6 is 0 Å². The number of benzene rings is 1. The van der Waals surface area contributed by atoms with Crippen LogP contribution < -0.4 is 0 Å². The fraction of sp³-hybridized carbons (Fsp3) is 0.0526. The maximum Gasteiger partial charge on any atom is 0.0660 e. The van der Waals surface area contributed by atoms with Gasteiger partial charge in [0.25, 0.3) is 0 Å². The third kappa shape index (κ3) is 5.63. The predicted molar refractivity (Wildman–Crippen MR) is 98.0 cm³/mol. The molecule has 4 nitrogen and oxygen atoms in total. The number of hydrogen-bond acceptors (Lipinski definition) is 4. The number of aliphatic imine (C=N–C) groups is 3. The molecule has 0 fully saturated rings. The molecule has 0 unspecified atom stereocenters. The van der Waals surface area contributed by atoms with Crippen LogP contribution in [0, 0.1) is 0 Å². The van der Waals surface area contributed by atoms with Crippen molar-refractivity contribution in [2.75, 3.05) is 0 Å². The molecular weight excluding hydrogens is 284 g/mol. The normalized spacial score (nSPS) is 12.5. The zero-order valence-corrected chi connectivity index (χ0v) is 13.0. The van der Waals surface area contributed by atoms with E-state index < -0.39 is 0 Å². The van der Waals surface area contributed by atoms with Crippen LogP contribution in [-0.4, -0.2) is 24.1 Å². The molecule has 0 aliphatic carbocycles. The molecule has 0 amide bonds. The fourth-order valence-electron chi connectivity index (χ4n) is 1.74. The Kier molecular flexibility index (Phi) is 6.35. The van der Waals surface area contributed by atoms with Gasteiger partial charge in [-0.1, -0.05) is 30.3 Å². The molecule has 2 rings (SSSR count). The average molecular weight is 302 g/mol. The van der Waals surface area contributed by atoms with Gasteiger partial charge >= 0.3 is 0 Å². The summed E-state index contributed by atoms with van der Waals surface area (Å²) in [4.78, 5) is 16.4. The van der Waals surface area contributed by atoms with Crippen LogP contribution in [-0.2, 0) is 0 Å². The topological polar surface area (TPSA) is 50.0 Å². The predicted octanol–water partition coefficient (Wildman–Crippen LogP) is 4.37. The highest BCUT2D eigenvalue weighted by Gasteiger charge is 1.91. The van der Waals surface area contributed by atoms with Crippen molar-refractivity contribution < 1.29 is 0 Å². The minimum absolute atomic E-state index is 0.834. The Morgan fingerprint density at radius 2 is 1.65 bits per heavy atom. The smallest absolute Gasteiger partial charge is 0.0660 e. The molecule has 0 radical (unpaired) electrons. The van der Waals surface area contributed by atoms with Gasteiger partial charge in [-0.3, -0.25) is 20.0 Å². The quantitative estimate of drug-likeness (QED) is 0.577. The molecule has 0 bridgehead atoms. The number of rotatable bonds is 6. The van der Waals surface area contributed by atoms with Gasteiger partial charge in [-0.05, 0) is 43.0 Å². The zero-order valence-electron chi connectivity index (χ0n) is 13.0. The summed E-state index contributed by atoms with van der Waals surface area (Å²) < 4.78 is 0. The Labute approximate surface area is 136 Å². The summed E-state index contributed by atoms with van der Waals surface area (Å²) in [5, 5.41) is 0. The van der Waals surface area contributed by atoms with Crippen molar-refractivity contribution in [2.45, 2.75) is 6.92 Å². The SMILES string of the molecule is C=N\C=C/C(=C\C)/N=C/c1ccc(/C=N/c2ccncc2)cc1. The second-order valence-electron chi connectivity index (χ2n) is 4.60. The van der Waals surface area contributed by atoms with Gasteiger partial charge in [-0.15, -0.1) is 0 Å². The van der Waals surface area contributed by atoms with E-state index in [9.17, 15) is 0 Å². The van der Waals surface area contributed by atoms with E-state index in [0.717, 1.165) is 22.5 Å². The number of allylic oxidation sites excluding steroid dienone is 2. The van der Waals surface area contributed by atoms with E-state index in [1.165, 1.54) is 0 Å². The van der Waals surface area contributed by atoms with Gasteiger partial charge in [0.05, 0.1) is 11.4 Å². The van der Waals surface area contributed by atoms with Crippen LogP contribution in [0.15, 0.2) is 87.8 Å². The summed E-state index contributed by atoms with van der Waals surface area (Å²) in [6.45, 7) is 5.33. The fourth-order valence-corrected chi connectivity index (χ4v) is 1.74. The summed E-state index contributed by atoms with van der Waals surface area (Å²) in [6, 6.07) is 11.7. The molecule has 0 atom stereocenters. The third-order valence-electron chi connectivity index (χ3n) is 2.97. The lowest BCUT2D eigenvalue weighted by Gasteiger charge is -1.97. The summed E-state index contributed by atoms with van der Waals surface area (Å²) in [6.07, 6.45) is 12.4. The van der Waals surface area contributed by atoms with E-state index in [4.69, 9.17) is 0 Å². The monoisotopic (exact) mass is 302 g/mol. The Morgan fingerprint density at radius 3 is 2.26 bits per heavy atom. The highest BCUT2D eigenvalue weighted by Crippen LogP contribution is 2.09. The maximum atomic E-state index is 4.39. The molecular formula is C19H18N4. The summed E-state index contributed by atoms with van der Waals surface area (Å²) in [7, 11) is 0. The van der Waals surface area contributed by atoms with Crippen molar-refractivity contribution in [2.24, 2.45) is 15.0 Å². The molecule has 1 aromatic heterocycles. The van der Waals surface area contributed by atoms with E-state index in [2.05, 4.69) is 26.7 Å². The minimum Gasteiger partial charge on any atom is -0.272 e. The standard InChI is InChI=1S/C19H18N4/c1-3-18(8-11-20-2)22-14-16-4-6-17(7-5-16)15-23-19-9-12-21-13-10-19/h3-15H,2H2,1H3/b11-8-,18-3+,22-14+,23-15+. The molecule has 0 spiro atoms. The molecule has 0 saturated heterocycles. The Bertz CT molecular complexity index is 739. The van der Waals surface area contributed by atoms with Crippen LogP contribution in [0.1, 0.15) is 18.1 Å². The first-order valence-corrected chi connectivity index (χ1v) is 7.19. The molecule has 1 aromatic carbocycles. The van der Waals surface area contributed by atoms with E-state index in [0.29, 0.717) is 0 Å². The van der Waals surface area contributed by atoms with Gasteiger partial charge in [0, 0.05) is 31.0 Å². The highest BCUT2D eigenvalue weighted by molar-refractivity contribution is 5.85. The minimum atomic E-state index is 0.834. The summed E-state index contributed by atoms with van der Waals surface area (Å²) in [5.41, 5.74) is 3.76. The Hall–Kier alpha value is -3.14. The van der Waals surface area contributed by atoms with Crippen LogP contribution in [0.3, 0.4) is 0 Å². The number of hydrogen-bond donors (Lipinski definition) is 0. The van der Waals surface area contributed by atoms with E-state index in [1.54, 1.807) is 24.7 Å². The molecule has 114 valence electrons. The van der Waals surface area contributed by atoms with Gasteiger partial charge < -0.3 is 0 Å². The van der Waals surface area contributed by atoms with Crippen LogP contribution in [0.25, 0.3) is 0 Å². The van der Waals surface area contributed by atoms with Crippen molar-refractivity contribution in [1.29, 1.82) is 0 Å². The third-order valence-corrected chi connectivity index (χ3v) is 2.97. The molecule has 0 N–H and O–H groups in total. The Balaban J connectivity index is 2.03. The van der Waals surface area contributed by atoms with Crippen LogP contribution in [0.5, 0.6) is 0 Å². The van der Waals surface area contributed by atoms with E-state index in [1.807, 2.05) is 61.8 Å². The first-order valence-electron chi connectivity index (χ1n) is 7.19. The van der Waals surface area contributed by atoms with E-state index in [-0.39, 0.29) is 0 Å². The average Bonchev–Trinajstić information content (AvgIpc) is 2.62. The van der Waals surface area contributed by atoms with Gasteiger partial charge in [0.15, 0.2) is 0 Å². The highest BCUT2D eigenvalue weighted by atomic mass is 14.7. The summed E-state index contributed by atoms with van der Waals surface area (Å²) >= 11 is 0. The molecule has 2 aromatic rings. The largest absolute Gasteiger partial charge is 0.272 e. The lowest BCUT2D eigenvalue weighted by atomic mass is 10.1.